The van der Waals surface area contributed by atoms with Gasteiger partial charge in [-0.25, -0.2) is 0 Å². The molecule has 0 spiro atoms. The maximum absolute atomic E-state index is 11.1. The molecule has 0 amide bonds. The Bertz CT molecular complexity index is 214. The lowest BCUT2D eigenvalue weighted by atomic mass is 10.1. The molecule has 0 saturated carbocycles. The van der Waals surface area contributed by atoms with Crippen LogP contribution in [0.25, 0.3) is 0 Å². The fraction of sp³-hybridized carbons (Fsp3) is 0.818. The van der Waals surface area contributed by atoms with Gasteiger partial charge in [0.05, 0.1) is 25.7 Å². The third kappa shape index (κ3) is 8.23. The molecule has 1 unspecified atom stereocenters. The highest BCUT2D eigenvalue weighted by Gasteiger charge is 2.13. The van der Waals surface area contributed by atoms with Gasteiger partial charge in [0.25, 0.3) is 0 Å². The van der Waals surface area contributed by atoms with Crippen molar-refractivity contribution in [1.29, 1.82) is 0 Å². The monoisotopic (exact) mass is 232 g/mol. The van der Waals surface area contributed by atoms with E-state index in [0.717, 1.165) is 6.42 Å². The van der Waals surface area contributed by atoms with Gasteiger partial charge in [0.15, 0.2) is 0 Å². The zero-order valence-electron chi connectivity index (χ0n) is 9.90. The first-order valence-electron chi connectivity index (χ1n) is 5.59. The zero-order valence-corrected chi connectivity index (χ0v) is 9.90. The molecule has 0 aromatic carbocycles. The number of carbonyl (C=O) groups excluding carboxylic acids is 2. The van der Waals surface area contributed by atoms with E-state index in [1.807, 2.05) is 6.92 Å². The summed E-state index contributed by atoms with van der Waals surface area (Å²) < 4.78 is 9.50. The molecule has 0 radical (unpaired) electrons. The van der Waals surface area contributed by atoms with Gasteiger partial charge in [-0.1, -0.05) is 6.92 Å². The Morgan fingerprint density at radius 1 is 1.19 bits per heavy atom. The van der Waals surface area contributed by atoms with Crippen molar-refractivity contribution in [1.82, 2.24) is 0 Å². The van der Waals surface area contributed by atoms with Crippen LogP contribution in [-0.4, -0.2) is 36.4 Å². The van der Waals surface area contributed by atoms with Gasteiger partial charge in [-0.2, -0.15) is 0 Å². The second kappa shape index (κ2) is 9.15. The lowest BCUT2D eigenvalue weighted by Crippen LogP contribution is -2.17. The molecule has 0 aliphatic carbocycles. The minimum absolute atomic E-state index is 0.0745. The lowest BCUT2D eigenvalue weighted by Gasteiger charge is -2.09. The van der Waals surface area contributed by atoms with Crippen molar-refractivity contribution in [3.8, 4) is 0 Å². The lowest BCUT2D eigenvalue weighted by molar-refractivity contribution is -0.148. The highest BCUT2D eigenvalue weighted by molar-refractivity contribution is 5.71. The van der Waals surface area contributed by atoms with E-state index in [-0.39, 0.29) is 25.2 Å². The SMILES string of the molecule is CCCOC(=O)CCC(O)CC(=O)OCC. The summed E-state index contributed by atoms with van der Waals surface area (Å²) in [5.41, 5.74) is 0. The molecule has 0 fully saturated rings. The van der Waals surface area contributed by atoms with E-state index in [4.69, 9.17) is 4.74 Å². The number of carbonyl (C=O) groups is 2. The number of aliphatic hydroxyl groups is 1. The van der Waals surface area contributed by atoms with E-state index in [9.17, 15) is 14.7 Å². The summed E-state index contributed by atoms with van der Waals surface area (Å²) in [6.45, 7) is 4.30. The third-order valence-corrected chi connectivity index (χ3v) is 1.86. The highest BCUT2D eigenvalue weighted by Crippen LogP contribution is 2.04. The van der Waals surface area contributed by atoms with Crippen LogP contribution < -0.4 is 0 Å². The molecule has 16 heavy (non-hydrogen) atoms. The van der Waals surface area contributed by atoms with Crippen molar-refractivity contribution in [3.05, 3.63) is 0 Å². The minimum Gasteiger partial charge on any atom is -0.466 e. The van der Waals surface area contributed by atoms with Crippen molar-refractivity contribution < 1.29 is 24.2 Å². The molecule has 0 aliphatic heterocycles. The van der Waals surface area contributed by atoms with Crippen LogP contribution >= 0.6 is 0 Å². The first-order valence-corrected chi connectivity index (χ1v) is 5.59. The van der Waals surface area contributed by atoms with Crippen molar-refractivity contribution in [3.63, 3.8) is 0 Å². The Labute approximate surface area is 95.7 Å². The molecule has 0 rings (SSSR count). The fourth-order valence-corrected chi connectivity index (χ4v) is 1.09. The standard InChI is InChI=1S/C11H20O5/c1-3-7-16-10(13)6-5-9(12)8-11(14)15-4-2/h9,12H,3-8H2,1-2H3. The Morgan fingerprint density at radius 3 is 2.44 bits per heavy atom. The van der Waals surface area contributed by atoms with Crippen molar-refractivity contribution in [2.75, 3.05) is 13.2 Å². The summed E-state index contributed by atoms with van der Waals surface area (Å²) in [6, 6.07) is 0. The average molecular weight is 232 g/mol. The van der Waals surface area contributed by atoms with Gasteiger partial charge in [-0.05, 0) is 19.8 Å². The molecule has 1 atom stereocenters. The fourth-order valence-electron chi connectivity index (χ4n) is 1.09. The molecule has 0 aromatic rings. The van der Waals surface area contributed by atoms with Crippen molar-refractivity contribution >= 4 is 11.9 Å². The predicted molar refractivity (Wildman–Crippen MR) is 57.7 cm³/mol. The zero-order chi connectivity index (χ0) is 12.4. The van der Waals surface area contributed by atoms with E-state index in [1.165, 1.54) is 0 Å². The molecule has 94 valence electrons. The minimum atomic E-state index is -0.840. The van der Waals surface area contributed by atoms with Crippen LogP contribution in [-0.2, 0) is 19.1 Å². The topological polar surface area (TPSA) is 72.8 Å². The number of ether oxygens (including phenoxy) is 2. The van der Waals surface area contributed by atoms with E-state index in [1.54, 1.807) is 6.92 Å². The molecular formula is C11H20O5. The summed E-state index contributed by atoms with van der Waals surface area (Å²) in [5, 5.41) is 9.41. The van der Waals surface area contributed by atoms with Gasteiger partial charge in [-0.3, -0.25) is 9.59 Å². The van der Waals surface area contributed by atoms with Gasteiger partial charge in [-0.15, -0.1) is 0 Å². The normalized spacial score (nSPS) is 11.9. The number of esters is 2. The van der Waals surface area contributed by atoms with Crippen molar-refractivity contribution in [2.45, 2.75) is 45.6 Å². The third-order valence-electron chi connectivity index (χ3n) is 1.86. The summed E-state index contributed by atoms with van der Waals surface area (Å²) in [4.78, 5) is 22.0. The summed E-state index contributed by atoms with van der Waals surface area (Å²) in [6.07, 6.45) is 0.210. The number of aliphatic hydroxyl groups excluding tert-OH is 1. The summed E-state index contributed by atoms with van der Waals surface area (Å²) in [7, 11) is 0. The molecule has 0 aromatic heterocycles. The van der Waals surface area contributed by atoms with Crippen LogP contribution in [0.15, 0.2) is 0 Å². The Kier molecular flexibility index (Phi) is 8.52. The summed E-state index contributed by atoms with van der Waals surface area (Å²) in [5.74, 6) is -0.790. The second-order valence-corrected chi connectivity index (χ2v) is 3.42. The molecule has 0 aliphatic rings. The molecular weight excluding hydrogens is 212 g/mol. The molecule has 5 nitrogen and oxygen atoms in total. The highest BCUT2D eigenvalue weighted by atomic mass is 16.5. The van der Waals surface area contributed by atoms with E-state index in [2.05, 4.69) is 4.74 Å². The van der Waals surface area contributed by atoms with Gasteiger partial charge in [0.1, 0.15) is 0 Å². The van der Waals surface area contributed by atoms with Gasteiger partial charge in [0, 0.05) is 6.42 Å². The molecule has 0 bridgehead atoms. The quantitative estimate of drug-likeness (QED) is 0.633. The largest absolute Gasteiger partial charge is 0.466 e. The van der Waals surface area contributed by atoms with E-state index < -0.39 is 12.1 Å². The van der Waals surface area contributed by atoms with Crippen LogP contribution in [0.3, 0.4) is 0 Å². The maximum atomic E-state index is 11.1. The average Bonchev–Trinajstić information content (AvgIpc) is 2.23. The van der Waals surface area contributed by atoms with Crippen molar-refractivity contribution in [2.24, 2.45) is 0 Å². The van der Waals surface area contributed by atoms with E-state index >= 15 is 0 Å². The number of rotatable bonds is 8. The number of hydrogen-bond donors (Lipinski definition) is 1. The Morgan fingerprint density at radius 2 is 1.88 bits per heavy atom. The van der Waals surface area contributed by atoms with Crippen LogP contribution in [0, 0.1) is 0 Å². The first-order chi connectivity index (χ1) is 7.60. The molecule has 1 N–H and O–H groups in total. The van der Waals surface area contributed by atoms with Crippen LogP contribution in [0.1, 0.15) is 39.5 Å². The van der Waals surface area contributed by atoms with E-state index in [0.29, 0.717) is 13.2 Å². The molecule has 0 saturated heterocycles. The summed E-state index contributed by atoms with van der Waals surface area (Å²) >= 11 is 0. The maximum Gasteiger partial charge on any atom is 0.308 e. The first kappa shape index (κ1) is 14.9. The Balaban J connectivity index is 3.60. The van der Waals surface area contributed by atoms with Crippen LogP contribution in [0.5, 0.6) is 0 Å². The second-order valence-electron chi connectivity index (χ2n) is 3.42. The number of hydrogen-bond acceptors (Lipinski definition) is 5. The predicted octanol–water partition coefficient (Wildman–Crippen LogP) is 1.03. The smallest absolute Gasteiger partial charge is 0.308 e. The van der Waals surface area contributed by atoms with Crippen LogP contribution in [0.4, 0.5) is 0 Å². The van der Waals surface area contributed by atoms with Gasteiger partial charge < -0.3 is 14.6 Å². The molecule has 0 heterocycles. The van der Waals surface area contributed by atoms with Gasteiger partial charge >= 0.3 is 11.9 Å². The molecule has 5 heteroatoms. The Hall–Kier alpha value is -1.10. The van der Waals surface area contributed by atoms with Crippen LogP contribution in [0.2, 0.25) is 0 Å². The van der Waals surface area contributed by atoms with Gasteiger partial charge in [0.2, 0.25) is 0 Å².